The largest absolute Gasteiger partial charge is 0.457 e. The molecule has 0 aliphatic carbocycles. The number of nitrogens with two attached hydrogens (primary N) is 2. The highest BCUT2D eigenvalue weighted by Gasteiger charge is 2.62. The van der Waals surface area contributed by atoms with Gasteiger partial charge in [-0.05, 0) is 84.9 Å². The second kappa shape index (κ2) is 15.6. The third kappa shape index (κ3) is 7.27. The quantitative estimate of drug-likeness (QED) is 0.0930. The SMILES string of the molecule is N#Cc1ccc(Oc2ccc(-n3cc(C(O)(C(N)=O)C(O)(C(N)=O)c4cn(-c5ccc(Oc6ccc(C(F)(F)F)cn6)cc5)c5ccccc45)c4ccccc43)cc2)cc1C(F)(F)F. The molecule has 322 valence electrons. The maximum absolute atomic E-state index is 13.8. The number of ether oxygens (including phenoxy) is 2. The molecule has 3 aromatic heterocycles. The van der Waals surface area contributed by atoms with Crippen LogP contribution in [0.2, 0.25) is 0 Å². The number of fused-ring (bicyclic) bond motifs is 2. The highest BCUT2D eigenvalue weighted by atomic mass is 19.4. The van der Waals surface area contributed by atoms with Crippen LogP contribution in [-0.2, 0) is 33.1 Å². The molecule has 2 amide bonds. The maximum Gasteiger partial charge on any atom is 0.417 e. The Kier molecular flexibility index (Phi) is 10.4. The standard InChI is InChI=1S/C46H30F6N6O6/c47-45(48,49)27-10-20-40(56-23-27)64-31-18-13-29(14-19-31)58-25-37(34-6-2-4-8-39(34)58)44(62,42(55)60)43(61,41(54)59)36-24-57(38-7-3-1-5-33(36)38)28-11-16-30(17-12-28)63-32-15-9-26(22-53)35(21-32)46(50,51)52/h1-21,23-25,61-62H,(H2,54,59)(H2,55,60). The van der Waals surface area contributed by atoms with E-state index in [2.05, 4.69) is 4.98 Å². The Morgan fingerprint density at radius 3 is 1.48 bits per heavy atom. The molecule has 6 N–H and O–H groups in total. The minimum Gasteiger partial charge on any atom is -0.457 e. The van der Waals surface area contributed by atoms with Crippen LogP contribution in [0.4, 0.5) is 26.3 Å². The topological polar surface area (TPSA) is 192 Å². The van der Waals surface area contributed by atoms with Crippen molar-refractivity contribution in [2.45, 2.75) is 23.6 Å². The van der Waals surface area contributed by atoms with Gasteiger partial charge in [0.05, 0.1) is 33.8 Å². The van der Waals surface area contributed by atoms with Crippen molar-refractivity contribution in [3.05, 3.63) is 174 Å². The Morgan fingerprint density at radius 2 is 1.06 bits per heavy atom. The van der Waals surface area contributed by atoms with Gasteiger partial charge < -0.3 is 40.3 Å². The number of rotatable bonds is 11. The molecule has 0 aliphatic heterocycles. The number of nitrogens with zero attached hydrogens (tertiary/aromatic N) is 4. The number of carbonyl (C=O) groups excluding carboxylic acids is 2. The van der Waals surface area contributed by atoms with E-state index >= 15 is 0 Å². The Morgan fingerprint density at radius 1 is 0.594 bits per heavy atom. The number of benzene rings is 5. The van der Waals surface area contributed by atoms with Gasteiger partial charge in [0.25, 0.3) is 11.8 Å². The lowest BCUT2D eigenvalue weighted by atomic mass is 9.72. The van der Waals surface area contributed by atoms with Gasteiger partial charge in [-0.3, -0.25) is 9.59 Å². The molecule has 3 heterocycles. The van der Waals surface area contributed by atoms with E-state index in [-0.39, 0.29) is 45.0 Å². The number of nitriles is 1. The summed E-state index contributed by atoms with van der Waals surface area (Å²) < 4.78 is 94.2. The van der Waals surface area contributed by atoms with E-state index in [9.17, 15) is 46.1 Å². The zero-order valence-electron chi connectivity index (χ0n) is 32.6. The lowest BCUT2D eigenvalue weighted by Gasteiger charge is -2.38. The van der Waals surface area contributed by atoms with Gasteiger partial charge in [-0.2, -0.15) is 31.6 Å². The van der Waals surface area contributed by atoms with Crippen LogP contribution in [0, 0.1) is 11.3 Å². The number of primary amides is 2. The van der Waals surface area contributed by atoms with Crippen LogP contribution in [0.15, 0.2) is 146 Å². The average molecular weight is 877 g/mol. The highest BCUT2D eigenvalue weighted by Crippen LogP contribution is 2.47. The second-order valence-corrected chi connectivity index (χ2v) is 14.4. The minimum absolute atomic E-state index is 0.107. The Labute approximate surface area is 357 Å². The number of aromatic nitrogens is 3. The second-order valence-electron chi connectivity index (χ2n) is 14.4. The van der Waals surface area contributed by atoms with Crippen molar-refractivity contribution in [3.63, 3.8) is 0 Å². The first kappa shape index (κ1) is 42.5. The zero-order chi connectivity index (χ0) is 45.8. The Hall–Kier alpha value is -8.14. The summed E-state index contributed by atoms with van der Waals surface area (Å²) in [6, 6.07) is 31.1. The van der Waals surface area contributed by atoms with Crippen molar-refractivity contribution >= 4 is 33.6 Å². The first-order chi connectivity index (χ1) is 30.3. The molecule has 8 aromatic rings. The lowest BCUT2D eigenvalue weighted by Crippen LogP contribution is -2.63. The van der Waals surface area contributed by atoms with Crippen LogP contribution in [0.5, 0.6) is 23.1 Å². The summed E-state index contributed by atoms with van der Waals surface area (Å²) in [5.41, 5.74) is 3.62. The van der Waals surface area contributed by atoms with Crippen molar-refractivity contribution in [3.8, 4) is 40.6 Å². The van der Waals surface area contributed by atoms with Crippen molar-refractivity contribution in [1.29, 1.82) is 5.26 Å². The number of hydrogen-bond acceptors (Lipinski definition) is 8. The maximum atomic E-state index is 13.8. The molecule has 5 aromatic carbocycles. The number of alkyl halides is 6. The minimum atomic E-state index is -4.81. The molecule has 0 saturated heterocycles. The van der Waals surface area contributed by atoms with Gasteiger partial charge >= 0.3 is 12.4 Å². The van der Waals surface area contributed by atoms with Crippen molar-refractivity contribution in [1.82, 2.24) is 14.1 Å². The van der Waals surface area contributed by atoms with E-state index in [1.54, 1.807) is 48.5 Å². The average Bonchev–Trinajstić information content (AvgIpc) is 3.86. The van der Waals surface area contributed by atoms with Crippen LogP contribution in [-0.4, -0.2) is 36.1 Å². The molecular weight excluding hydrogens is 847 g/mol. The third-order valence-corrected chi connectivity index (χ3v) is 10.6. The van der Waals surface area contributed by atoms with Gasteiger partial charge in [0.1, 0.15) is 17.2 Å². The zero-order valence-corrected chi connectivity index (χ0v) is 32.6. The first-order valence-corrected chi connectivity index (χ1v) is 18.8. The molecule has 2 atom stereocenters. The molecule has 2 unspecified atom stereocenters. The summed E-state index contributed by atoms with van der Waals surface area (Å²) in [5.74, 6) is -3.06. The fourth-order valence-electron chi connectivity index (χ4n) is 7.51. The molecule has 0 aliphatic rings. The van der Waals surface area contributed by atoms with Gasteiger partial charge in [0.2, 0.25) is 17.1 Å². The lowest BCUT2D eigenvalue weighted by molar-refractivity contribution is -0.187. The van der Waals surface area contributed by atoms with E-state index in [0.29, 0.717) is 34.7 Å². The fourth-order valence-corrected chi connectivity index (χ4v) is 7.51. The molecular formula is C46H30F6N6O6. The van der Waals surface area contributed by atoms with Crippen molar-refractivity contribution < 1.29 is 55.6 Å². The molecule has 0 saturated carbocycles. The number of para-hydroxylation sites is 2. The predicted octanol–water partition coefficient (Wildman–Crippen LogP) is 8.51. The van der Waals surface area contributed by atoms with Crippen LogP contribution >= 0.6 is 0 Å². The Bertz CT molecular complexity index is 3140. The van der Waals surface area contributed by atoms with Gasteiger partial charge in [-0.25, -0.2) is 4.98 Å². The van der Waals surface area contributed by atoms with Crippen molar-refractivity contribution in [2.24, 2.45) is 11.5 Å². The molecule has 12 nitrogen and oxygen atoms in total. The number of carbonyl (C=O) groups is 2. The molecule has 0 spiro atoms. The number of hydrogen-bond donors (Lipinski definition) is 4. The fraction of sp³-hybridized carbons (Fsp3) is 0.0870. The van der Waals surface area contributed by atoms with Gasteiger partial charge in [-0.15, -0.1) is 0 Å². The third-order valence-electron chi connectivity index (χ3n) is 10.6. The predicted molar refractivity (Wildman–Crippen MR) is 218 cm³/mol. The van der Waals surface area contributed by atoms with Crippen LogP contribution in [0.1, 0.15) is 27.8 Å². The van der Waals surface area contributed by atoms with E-state index < -0.39 is 52.1 Å². The van der Waals surface area contributed by atoms with E-state index in [1.165, 1.54) is 82.2 Å². The van der Waals surface area contributed by atoms with Gasteiger partial charge in [-0.1, -0.05) is 36.4 Å². The normalized spacial score (nSPS) is 13.8. The molecule has 0 fully saturated rings. The molecule has 64 heavy (non-hydrogen) atoms. The summed E-state index contributed by atoms with van der Waals surface area (Å²) in [6.07, 6.45) is -6.16. The van der Waals surface area contributed by atoms with Gasteiger partial charge in [0, 0.05) is 57.9 Å². The summed E-state index contributed by atoms with van der Waals surface area (Å²) in [6.45, 7) is 0. The van der Waals surface area contributed by atoms with E-state index in [1.807, 2.05) is 0 Å². The highest BCUT2D eigenvalue weighted by molar-refractivity contribution is 6.04. The van der Waals surface area contributed by atoms with Crippen LogP contribution in [0.25, 0.3) is 33.2 Å². The first-order valence-electron chi connectivity index (χ1n) is 18.8. The van der Waals surface area contributed by atoms with Gasteiger partial charge in [0.15, 0.2) is 0 Å². The van der Waals surface area contributed by atoms with Crippen LogP contribution < -0.4 is 20.9 Å². The molecule has 0 radical (unpaired) electrons. The number of amides is 2. The molecule has 8 rings (SSSR count). The van der Waals surface area contributed by atoms with Crippen LogP contribution in [0.3, 0.4) is 0 Å². The summed E-state index contributed by atoms with van der Waals surface area (Å²) in [5, 5.41) is 34.9. The van der Waals surface area contributed by atoms with Crippen molar-refractivity contribution in [2.75, 3.05) is 0 Å². The smallest absolute Gasteiger partial charge is 0.417 e. The number of pyridine rings is 1. The summed E-state index contributed by atoms with van der Waals surface area (Å²) in [7, 11) is 0. The Balaban J connectivity index is 1.18. The number of aliphatic hydroxyl groups is 2. The molecule has 18 heteroatoms. The summed E-state index contributed by atoms with van der Waals surface area (Å²) in [4.78, 5) is 31.2. The van der Waals surface area contributed by atoms with E-state index in [0.717, 1.165) is 18.2 Å². The monoisotopic (exact) mass is 876 g/mol. The number of halogens is 6. The van der Waals surface area contributed by atoms with E-state index in [4.69, 9.17) is 26.2 Å². The summed E-state index contributed by atoms with van der Waals surface area (Å²) >= 11 is 0. The molecule has 0 bridgehead atoms.